The molecule has 2 aromatic carbocycles. The molecule has 0 amide bonds. The molecular formula is C29H26FN3O4. The smallest absolute Gasteiger partial charge is 0.340 e. The maximum absolute atomic E-state index is 14.8. The Labute approximate surface area is 213 Å². The lowest BCUT2D eigenvalue weighted by atomic mass is 10.0. The number of H-pyrrole nitrogens is 1. The lowest BCUT2D eigenvalue weighted by molar-refractivity contribution is 0.0595. The molecule has 0 aliphatic heterocycles. The number of nitrogens with one attached hydrogen (secondary N) is 1. The Kier molecular flexibility index (Phi) is 7.57. The summed E-state index contributed by atoms with van der Waals surface area (Å²) in [5.74, 6) is -0.651. The highest BCUT2D eigenvalue weighted by molar-refractivity contribution is 5.90. The normalized spacial score (nSPS) is 10.8. The van der Waals surface area contributed by atoms with Crippen LogP contribution in [0.2, 0.25) is 0 Å². The van der Waals surface area contributed by atoms with E-state index in [-0.39, 0.29) is 29.2 Å². The van der Waals surface area contributed by atoms with Gasteiger partial charge in [-0.1, -0.05) is 26.5 Å². The molecule has 0 saturated carbocycles. The summed E-state index contributed by atoms with van der Waals surface area (Å²) < 4.78 is 25.6. The van der Waals surface area contributed by atoms with Gasteiger partial charge >= 0.3 is 5.97 Å². The molecule has 0 atom stereocenters. The van der Waals surface area contributed by atoms with E-state index < -0.39 is 11.8 Å². The third-order valence-corrected chi connectivity index (χ3v) is 5.83. The molecule has 2 heterocycles. The molecule has 8 heteroatoms. The Morgan fingerprint density at radius 3 is 2.46 bits per heavy atom. The predicted octanol–water partition coefficient (Wildman–Crippen LogP) is 5.91. The topological polar surface area (TPSA) is 94.2 Å². The maximum Gasteiger partial charge on any atom is 0.340 e. The zero-order chi connectivity index (χ0) is 26.5. The van der Waals surface area contributed by atoms with E-state index in [1.54, 1.807) is 30.5 Å². The minimum Gasteiger partial charge on any atom is -0.465 e. The van der Waals surface area contributed by atoms with Crippen LogP contribution in [0, 0.1) is 5.82 Å². The highest BCUT2D eigenvalue weighted by Gasteiger charge is 2.19. The van der Waals surface area contributed by atoms with Crippen LogP contribution in [0.4, 0.5) is 4.39 Å². The van der Waals surface area contributed by atoms with Gasteiger partial charge in [0.2, 0.25) is 0 Å². The molecule has 4 rings (SSSR count). The number of aromatic amines is 1. The molecule has 37 heavy (non-hydrogen) atoms. The SMILES string of the molecule is C=Cc1c[nH]c(=O)c(Cc2cc(F)c(C(=O)OC)cc2Oc2ccc(-c3ccc(C(C)C)nn3)cc2)c1. The molecule has 188 valence electrons. The standard InChI is InChI=1S/C29H26FN3O4/c1-5-18-12-21(28(34)31-16-18)13-20-14-24(30)23(29(35)36-4)15-27(20)37-22-8-6-19(7-9-22)26-11-10-25(17(2)3)32-33-26/h5-12,14-17H,1,13H2,2-4H3,(H,31,34). The zero-order valence-electron chi connectivity index (χ0n) is 20.7. The molecule has 0 radical (unpaired) electrons. The summed E-state index contributed by atoms with van der Waals surface area (Å²) in [5.41, 5.74) is 3.37. The number of aromatic nitrogens is 3. The quantitative estimate of drug-likeness (QED) is 0.303. The molecule has 0 aliphatic carbocycles. The molecule has 0 fully saturated rings. The van der Waals surface area contributed by atoms with Crippen LogP contribution < -0.4 is 10.3 Å². The molecule has 0 saturated heterocycles. The maximum atomic E-state index is 14.8. The predicted molar refractivity (Wildman–Crippen MR) is 139 cm³/mol. The second-order valence-corrected chi connectivity index (χ2v) is 8.72. The highest BCUT2D eigenvalue weighted by atomic mass is 19.1. The van der Waals surface area contributed by atoms with E-state index in [0.717, 1.165) is 11.3 Å². The average Bonchev–Trinajstić information content (AvgIpc) is 2.91. The molecule has 0 bridgehead atoms. The van der Waals surface area contributed by atoms with Crippen molar-refractivity contribution in [3.8, 4) is 22.8 Å². The minimum atomic E-state index is -0.834. The van der Waals surface area contributed by atoms with Gasteiger partial charge in [-0.3, -0.25) is 4.79 Å². The van der Waals surface area contributed by atoms with Gasteiger partial charge in [0.25, 0.3) is 5.56 Å². The molecular weight excluding hydrogens is 473 g/mol. The van der Waals surface area contributed by atoms with Crippen LogP contribution >= 0.6 is 0 Å². The third kappa shape index (κ3) is 5.81. The molecule has 0 spiro atoms. The Hall–Kier alpha value is -4.59. The largest absolute Gasteiger partial charge is 0.465 e. The summed E-state index contributed by atoms with van der Waals surface area (Å²) in [7, 11) is 1.17. The molecule has 1 N–H and O–H groups in total. The number of ether oxygens (including phenoxy) is 2. The van der Waals surface area contributed by atoms with E-state index in [4.69, 9.17) is 9.47 Å². The van der Waals surface area contributed by atoms with E-state index in [1.165, 1.54) is 19.2 Å². The third-order valence-electron chi connectivity index (χ3n) is 5.83. The lowest BCUT2D eigenvalue weighted by Gasteiger charge is -2.14. The molecule has 4 aromatic rings. The van der Waals surface area contributed by atoms with Gasteiger partial charge in [0.05, 0.1) is 24.1 Å². The number of esters is 1. The van der Waals surface area contributed by atoms with Crippen LogP contribution in [0.3, 0.4) is 0 Å². The van der Waals surface area contributed by atoms with Crippen LogP contribution in [0.15, 0.2) is 72.2 Å². The minimum absolute atomic E-state index is 0.0700. The average molecular weight is 500 g/mol. The first-order valence-electron chi connectivity index (χ1n) is 11.7. The Morgan fingerprint density at radius 1 is 1.08 bits per heavy atom. The lowest BCUT2D eigenvalue weighted by Crippen LogP contribution is -2.13. The van der Waals surface area contributed by atoms with Gasteiger partial charge < -0.3 is 14.5 Å². The van der Waals surface area contributed by atoms with Gasteiger partial charge in [0.1, 0.15) is 17.3 Å². The second-order valence-electron chi connectivity index (χ2n) is 8.72. The Morgan fingerprint density at radius 2 is 1.84 bits per heavy atom. The first-order chi connectivity index (χ1) is 17.8. The second kappa shape index (κ2) is 11.0. The van der Waals surface area contributed by atoms with Crippen molar-refractivity contribution < 1.29 is 18.7 Å². The monoisotopic (exact) mass is 499 g/mol. The molecule has 7 nitrogen and oxygen atoms in total. The van der Waals surface area contributed by atoms with Gasteiger partial charge in [-0.15, -0.1) is 0 Å². The van der Waals surface area contributed by atoms with Crippen molar-refractivity contribution in [2.45, 2.75) is 26.2 Å². The Balaban J connectivity index is 1.67. The first kappa shape index (κ1) is 25.5. The fraction of sp³-hybridized carbons (Fsp3) is 0.172. The van der Waals surface area contributed by atoms with Crippen molar-refractivity contribution in [1.82, 2.24) is 15.2 Å². The van der Waals surface area contributed by atoms with Crippen molar-refractivity contribution in [3.63, 3.8) is 0 Å². The number of halogens is 1. The van der Waals surface area contributed by atoms with E-state index in [9.17, 15) is 14.0 Å². The van der Waals surface area contributed by atoms with Crippen LogP contribution in [-0.4, -0.2) is 28.3 Å². The number of hydrogen-bond donors (Lipinski definition) is 1. The Bertz CT molecular complexity index is 1490. The van der Waals surface area contributed by atoms with Crippen molar-refractivity contribution in [2.75, 3.05) is 7.11 Å². The summed E-state index contributed by atoms with van der Waals surface area (Å²) in [6.07, 6.45) is 3.21. The van der Waals surface area contributed by atoms with Crippen LogP contribution in [0.5, 0.6) is 11.5 Å². The first-order valence-corrected chi connectivity index (χ1v) is 11.7. The van der Waals surface area contributed by atoms with Gasteiger partial charge in [-0.25, -0.2) is 9.18 Å². The summed E-state index contributed by atoms with van der Waals surface area (Å²) in [6.45, 7) is 7.82. The number of nitrogens with zero attached hydrogens (tertiary/aromatic N) is 2. The number of benzene rings is 2. The van der Waals surface area contributed by atoms with Crippen LogP contribution in [-0.2, 0) is 11.2 Å². The zero-order valence-corrected chi connectivity index (χ0v) is 20.7. The van der Waals surface area contributed by atoms with Crippen LogP contribution in [0.1, 0.15) is 52.5 Å². The van der Waals surface area contributed by atoms with Gasteiger partial charge in [-0.2, -0.15) is 10.2 Å². The van der Waals surface area contributed by atoms with E-state index >= 15 is 0 Å². The summed E-state index contributed by atoms with van der Waals surface area (Å²) in [6, 6.07) is 15.1. The number of pyridine rings is 1. The molecule has 0 unspecified atom stereocenters. The molecule has 2 aromatic heterocycles. The number of carbonyl (C=O) groups is 1. The van der Waals surface area contributed by atoms with Crippen molar-refractivity contribution in [2.24, 2.45) is 0 Å². The highest BCUT2D eigenvalue weighted by Crippen LogP contribution is 2.31. The van der Waals surface area contributed by atoms with Gasteiger partial charge in [0.15, 0.2) is 0 Å². The summed E-state index contributed by atoms with van der Waals surface area (Å²) in [5, 5.41) is 8.56. The number of rotatable bonds is 8. The number of carbonyl (C=O) groups excluding carboxylic acids is 1. The van der Waals surface area contributed by atoms with E-state index in [0.29, 0.717) is 28.1 Å². The summed E-state index contributed by atoms with van der Waals surface area (Å²) in [4.78, 5) is 27.2. The number of methoxy groups -OCH3 is 1. The fourth-order valence-corrected chi connectivity index (χ4v) is 3.72. The van der Waals surface area contributed by atoms with E-state index in [2.05, 4.69) is 35.6 Å². The van der Waals surface area contributed by atoms with Crippen molar-refractivity contribution in [1.29, 1.82) is 0 Å². The molecule has 0 aliphatic rings. The number of hydrogen-bond acceptors (Lipinski definition) is 6. The fourth-order valence-electron chi connectivity index (χ4n) is 3.72. The van der Waals surface area contributed by atoms with Gasteiger partial charge in [0, 0.05) is 29.3 Å². The van der Waals surface area contributed by atoms with E-state index in [1.807, 2.05) is 24.3 Å². The van der Waals surface area contributed by atoms with Gasteiger partial charge in [-0.05, 0) is 66.1 Å². The van der Waals surface area contributed by atoms with Crippen LogP contribution in [0.25, 0.3) is 17.3 Å². The van der Waals surface area contributed by atoms with Crippen molar-refractivity contribution >= 4 is 12.0 Å². The summed E-state index contributed by atoms with van der Waals surface area (Å²) >= 11 is 0. The van der Waals surface area contributed by atoms with Crippen molar-refractivity contribution in [3.05, 3.63) is 111 Å².